The second-order valence-corrected chi connectivity index (χ2v) is 6.42. The lowest BCUT2D eigenvalue weighted by atomic mass is 10.1. The van der Waals surface area contributed by atoms with Crippen molar-refractivity contribution in [3.63, 3.8) is 0 Å². The van der Waals surface area contributed by atoms with E-state index < -0.39 is 5.97 Å². The Hall–Kier alpha value is -2.73. The van der Waals surface area contributed by atoms with E-state index in [0.29, 0.717) is 11.3 Å². The lowest BCUT2D eigenvalue weighted by Gasteiger charge is -2.08. The predicted octanol–water partition coefficient (Wildman–Crippen LogP) is 3.71. The van der Waals surface area contributed by atoms with Crippen LogP contribution in [0.25, 0.3) is 10.2 Å². The summed E-state index contributed by atoms with van der Waals surface area (Å²) >= 11 is 1.45. The van der Waals surface area contributed by atoms with Gasteiger partial charge in [-0.15, -0.1) is 11.3 Å². The average molecular weight is 340 g/mol. The second kappa shape index (κ2) is 6.80. The third-order valence-corrected chi connectivity index (χ3v) is 4.20. The third kappa shape index (κ3) is 3.78. The zero-order chi connectivity index (χ0) is 17.1. The molecule has 0 fully saturated rings. The van der Waals surface area contributed by atoms with Crippen molar-refractivity contribution in [1.82, 2.24) is 4.98 Å². The Bertz CT molecular complexity index is 897. The Kier molecular flexibility index (Phi) is 4.57. The summed E-state index contributed by atoms with van der Waals surface area (Å²) in [6.45, 7) is 3.59. The SMILES string of the molecule is Cc1cc(C)cc(NC(=O)COC(=O)c2ccc3ncsc3c2)c1. The van der Waals surface area contributed by atoms with Crippen molar-refractivity contribution in [1.29, 1.82) is 0 Å². The Labute approximate surface area is 143 Å². The van der Waals surface area contributed by atoms with Crippen molar-refractivity contribution in [2.45, 2.75) is 13.8 Å². The lowest BCUT2D eigenvalue weighted by Crippen LogP contribution is -2.21. The molecule has 122 valence electrons. The fraction of sp³-hybridized carbons (Fsp3) is 0.167. The number of nitrogens with one attached hydrogen (secondary N) is 1. The Morgan fingerprint density at radius 3 is 2.62 bits per heavy atom. The normalized spacial score (nSPS) is 10.6. The van der Waals surface area contributed by atoms with Gasteiger partial charge in [0.1, 0.15) is 0 Å². The highest BCUT2D eigenvalue weighted by molar-refractivity contribution is 7.16. The van der Waals surface area contributed by atoms with Gasteiger partial charge in [-0.1, -0.05) is 6.07 Å². The van der Waals surface area contributed by atoms with E-state index in [1.807, 2.05) is 32.0 Å². The monoisotopic (exact) mass is 340 g/mol. The van der Waals surface area contributed by atoms with E-state index >= 15 is 0 Å². The van der Waals surface area contributed by atoms with Gasteiger partial charge in [-0.05, 0) is 55.3 Å². The third-order valence-electron chi connectivity index (χ3n) is 3.41. The molecule has 1 heterocycles. The molecule has 6 heteroatoms. The van der Waals surface area contributed by atoms with Gasteiger partial charge in [0.15, 0.2) is 6.61 Å². The van der Waals surface area contributed by atoms with E-state index in [1.54, 1.807) is 23.7 Å². The molecule has 0 aliphatic rings. The zero-order valence-electron chi connectivity index (χ0n) is 13.3. The maximum Gasteiger partial charge on any atom is 0.338 e. The van der Waals surface area contributed by atoms with E-state index in [9.17, 15) is 9.59 Å². The molecule has 1 amide bonds. The molecule has 3 aromatic rings. The van der Waals surface area contributed by atoms with E-state index in [2.05, 4.69) is 10.3 Å². The smallest absolute Gasteiger partial charge is 0.338 e. The summed E-state index contributed by atoms with van der Waals surface area (Å²) in [5.74, 6) is -0.895. The van der Waals surface area contributed by atoms with Gasteiger partial charge in [-0.3, -0.25) is 4.79 Å². The van der Waals surface area contributed by atoms with Crippen LogP contribution in [-0.2, 0) is 9.53 Å². The molecular weight excluding hydrogens is 324 g/mol. The summed E-state index contributed by atoms with van der Waals surface area (Å²) in [5, 5.41) is 2.73. The highest BCUT2D eigenvalue weighted by atomic mass is 32.1. The van der Waals surface area contributed by atoms with E-state index in [0.717, 1.165) is 21.3 Å². The molecule has 3 rings (SSSR count). The number of aryl methyl sites for hydroxylation is 2. The van der Waals surface area contributed by atoms with Crippen LogP contribution in [0.4, 0.5) is 5.69 Å². The number of hydrogen-bond donors (Lipinski definition) is 1. The van der Waals surface area contributed by atoms with Crippen molar-refractivity contribution in [3.8, 4) is 0 Å². The molecule has 24 heavy (non-hydrogen) atoms. The molecule has 2 aromatic carbocycles. The minimum absolute atomic E-state index is 0.327. The van der Waals surface area contributed by atoms with E-state index in [4.69, 9.17) is 4.74 Å². The summed E-state index contributed by atoms with van der Waals surface area (Å²) in [5.41, 5.74) is 5.77. The van der Waals surface area contributed by atoms with Gasteiger partial charge < -0.3 is 10.1 Å². The number of amides is 1. The first-order valence-electron chi connectivity index (χ1n) is 7.40. The molecule has 0 aliphatic heterocycles. The van der Waals surface area contributed by atoms with Gasteiger partial charge in [0, 0.05) is 5.69 Å². The van der Waals surface area contributed by atoms with Crippen LogP contribution in [-0.4, -0.2) is 23.5 Å². The Morgan fingerprint density at radius 1 is 1.12 bits per heavy atom. The van der Waals surface area contributed by atoms with Crippen LogP contribution in [0.3, 0.4) is 0 Å². The van der Waals surface area contributed by atoms with E-state index in [-0.39, 0.29) is 12.5 Å². The molecule has 0 unspecified atom stereocenters. The van der Waals surface area contributed by atoms with Crippen LogP contribution < -0.4 is 5.32 Å². The first-order valence-corrected chi connectivity index (χ1v) is 8.28. The van der Waals surface area contributed by atoms with Crippen LogP contribution in [0.5, 0.6) is 0 Å². The number of carbonyl (C=O) groups excluding carboxylic acids is 2. The van der Waals surface area contributed by atoms with Crippen LogP contribution in [0.2, 0.25) is 0 Å². The van der Waals surface area contributed by atoms with E-state index in [1.165, 1.54) is 11.3 Å². The molecule has 0 bridgehead atoms. The maximum atomic E-state index is 12.1. The van der Waals surface area contributed by atoms with Gasteiger partial charge in [0.25, 0.3) is 5.91 Å². The second-order valence-electron chi connectivity index (χ2n) is 5.54. The Balaban J connectivity index is 1.59. The first kappa shape index (κ1) is 16.1. The quantitative estimate of drug-likeness (QED) is 0.735. The molecule has 0 atom stereocenters. The van der Waals surface area contributed by atoms with Crippen molar-refractivity contribution in [3.05, 3.63) is 58.6 Å². The first-order chi connectivity index (χ1) is 11.5. The highest BCUT2D eigenvalue weighted by Crippen LogP contribution is 2.19. The minimum Gasteiger partial charge on any atom is -0.452 e. The zero-order valence-corrected chi connectivity index (χ0v) is 14.1. The fourth-order valence-corrected chi connectivity index (χ4v) is 3.16. The number of ether oxygens (including phenoxy) is 1. The number of fused-ring (bicyclic) bond motifs is 1. The highest BCUT2D eigenvalue weighted by Gasteiger charge is 2.12. The molecule has 1 aromatic heterocycles. The number of benzene rings is 2. The summed E-state index contributed by atoms with van der Waals surface area (Å²) in [4.78, 5) is 28.2. The molecule has 0 spiro atoms. The number of hydrogen-bond acceptors (Lipinski definition) is 5. The fourth-order valence-electron chi connectivity index (χ4n) is 2.44. The standard InChI is InChI=1S/C18H16N2O3S/c1-11-5-12(2)7-14(6-11)20-17(21)9-23-18(22)13-3-4-15-16(8-13)24-10-19-15/h3-8,10H,9H2,1-2H3,(H,20,21). The average Bonchev–Trinajstić information content (AvgIpc) is 2.99. The molecular formula is C18H16N2O3S. The summed E-state index contributed by atoms with van der Waals surface area (Å²) in [6.07, 6.45) is 0. The topological polar surface area (TPSA) is 68.3 Å². The molecule has 5 nitrogen and oxygen atoms in total. The summed E-state index contributed by atoms with van der Waals surface area (Å²) < 4.78 is 5.99. The largest absolute Gasteiger partial charge is 0.452 e. The van der Waals surface area contributed by atoms with Crippen LogP contribution in [0.1, 0.15) is 21.5 Å². The van der Waals surface area contributed by atoms with Crippen LogP contribution in [0.15, 0.2) is 41.9 Å². The van der Waals surface area contributed by atoms with Crippen molar-refractivity contribution >= 4 is 39.1 Å². The molecule has 0 aliphatic carbocycles. The van der Waals surface area contributed by atoms with Gasteiger partial charge in [-0.25, -0.2) is 9.78 Å². The molecule has 0 radical (unpaired) electrons. The number of anilines is 1. The van der Waals surface area contributed by atoms with Crippen molar-refractivity contribution < 1.29 is 14.3 Å². The van der Waals surface area contributed by atoms with Crippen molar-refractivity contribution in [2.24, 2.45) is 0 Å². The minimum atomic E-state index is -0.527. The number of nitrogens with zero attached hydrogens (tertiary/aromatic N) is 1. The predicted molar refractivity (Wildman–Crippen MR) is 94.4 cm³/mol. The van der Waals surface area contributed by atoms with Gasteiger partial charge in [-0.2, -0.15) is 0 Å². The van der Waals surface area contributed by atoms with Gasteiger partial charge >= 0.3 is 5.97 Å². The number of carbonyl (C=O) groups is 2. The van der Waals surface area contributed by atoms with Crippen LogP contribution >= 0.6 is 11.3 Å². The number of rotatable bonds is 4. The number of aromatic nitrogens is 1. The molecule has 1 N–H and O–H groups in total. The Morgan fingerprint density at radius 2 is 1.88 bits per heavy atom. The van der Waals surface area contributed by atoms with Crippen LogP contribution in [0, 0.1) is 13.8 Å². The summed E-state index contributed by atoms with van der Waals surface area (Å²) in [6, 6.07) is 10.9. The lowest BCUT2D eigenvalue weighted by molar-refractivity contribution is -0.119. The van der Waals surface area contributed by atoms with Crippen molar-refractivity contribution in [2.75, 3.05) is 11.9 Å². The van der Waals surface area contributed by atoms with Gasteiger partial charge in [0.2, 0.25) is 0 Å². The number of thiazole rings is 1. The van der Waals surface area contributed by atoms with Gasteiger partial charge in [0.05, 0.1) is 21.3 Å². The molecule has 0 saturated carbocycles. The number of esters is 1. The molecule has 0 saturated heterocycles. The summed E-state index contributed by atoms with van der Waals surface area (Å²) in [7, 11) is 0. The maximum absolute atomic E-state index is 12.1.